The summed E-state index contributed by atoms with van der Waals surface area (Å²) in [5.41, 5.74) is 1.10. The Morgan fingerprint density at radius 1 is 1.15 bits per heavy atom. The van der Waals surface area contributed by atoms with Crippen LogP contribution in [-0.2, 0) is 4.79 Å². The van der Waals surface area contributed by atoms with Gasteiger partial charge in [0.25, 0.3) is 0 Å². The van der Waals surface area contributed by atoms with Crippen LogP contribution in [0, 0.1) is 5.92 Å². The third-order valence-electron chi connectivity index (χ3n) is 3.29. The van der Waals surface area contributed by atoms with E-state index in [0.29, 0.717) is 22.6 Å². The first kappa shape index (κ1) is 14.1. The Hall–Kier alpha value is -2.36. The minimum Gasteiger partial charge on any atom is -0.497 e. The Balaban J connectivity index is 2.35. The molecule has 0 saturated carbocycles. The van der Waals surface area contributed by atoms with Gasteiger partial charge < -0.3 is 9.47 Å². The zero-order chi connectivity index (χ0) is 14.7. The average molecular weight is 272 g/mol. The van der Waals surface area contributed by atoms with Crippen LogP contribution in [0.3, 0.4) is 0 Å². The van der Waals surface area contributed by atoms with E-state index in [0.717, 1.165) is 0 Å². The first-order chi connectivity index (χ1) is 9.55. The number of benzene rings is 1. The fourth-order valence-electron chi connectivity index (χ4n) is 2.13. The van der Waals surface area contributed by atoms with Crippen LogP contribution in [0.5, 0.6) is 11.5 Å². The number of hydrogen-bond acceptors (Lipinski definition) is 4. The molecule has 4 heteroatoms. The van der Waals surface area contributed by atoms with Crippen LogP contribution in [0.15, 0.2) is 42.5 Å². The summed E-state index contributed by atoms with van der Waals surface area (Å²) in [6, 6.07) is 4.97. The molecule has 1 aliphatic rings. The second-order valence-corrected chi connectivity index (χ2v) is 4.60. The van der Waals surface area contributed by atoms with Gasteiger partial charge in [-0.15, -0.1) is 0 Å². The van der Waals surface area contributed by atoms with Gasteiger partial charge in [-0.05, 0) is 23.8 Å². The Bertz CT molecular complexity index is 576. The molecular formula is C16H16O4. The van der Waals surface area contributed by atoms with Crippen molar-refractivity contribution in [3.63, 3.8) is 0 Å². The van der Waals surface area contributed by atoms with Crippen LogP contribution in [0.1, 0.15) is 16.8 Å². The first-order valence-electron chi connectivity index (χ1n) is 6.22. The second kappa shape index (κ2) is 5.74. The van der Waals surface area contributed by atoms with Crippen LogP contribution in [0.25, 0.3) is 0 Å². The molecule has 0 aliphatic heterocycles. The maximum atomic E-state index is 12.5. The maximum absolute atomic E-state index is 12.5. The topological polar surface area (TPSA) is 52.6 Å². The summed E-state index contributed by atoms with van der Waals surface area (Å²) in [7, 11) is 3.05. The molecule has 20 heavy (non-hydrogen) atoms. The van der Waals surface area contributed by atoms with E-state index in [9.17, 15) is 9.59 Å². The van der Waals surface area contributed by atoms with E-state index >= 15 is 0 Å². The highest BCUT2D eigenvalue weighted by molar-refractivity contribution is 6.05. The number of carbonyl (C=O) groups excluding carboxylic acids is 2. The number of Topliss-reactive ketones (excluding diaryl/α,β-unsaturated/α-hetero) is 1. The average Bonchev–Trinajstić information content (AvgIpc) is 2.48. The third kappa shape index (κ3) is 2.79. The molecule has 0 radical (unpaired) electrons. The summed E-state index contributed by atoms with van der Waals surface area (Å²) < 4.78 is 10.3. The van der Waals surface area contributed by atoms with Gasteiger partial charge in [-0.25, -0.2) is 0 Å². The molecule has 0 fully saturated rings. The lowest BCUT2D eigenvalue weighted by atomic mass is 9.83. The summed E-state index contributed by atoms with van der Waals surface area (Å²) in [5, 5.41) is 0. The number of hydrogen-bond donors (Lipinski definition) is 0. The summed E-state index contributed by atoms with van der Waals surface area (Å²) in [6.45, 7) is 3.84. The zero-order valence-corrected chi connectivity index (χ0v) is 11.5. The Morgan fingerprint density at radius 2 is 1.75 bits per heavy atom. The van der Waals surface area contributed by atoms with Crippen molar-refractivity contribution in [1.29, 1.82) is 0 Å². The summed E-state index contributed by atoms with van der Waals surface area (Å²) in [6.07, 6.45) is 3.22. The van der Waals surface area contributed by atoms with Gasteiger partial charge in [0, 0.05) is 18.1 Å². The van der Waals surface area contributed by atoms with Gasteiger partial charge in [-0.1, -0.05) is 12.7 Å². The number of ether oxygens (including phenoxy) is 2. The van der Waals surface area contributed by atoms with Crippen molar-refractivity contribution in [2.75, 3.05) is 14.2 Å². The molecular weight excluding hydrogens is 256 g/mol. The molecule has 0 aromatic heterocycles. The van der Waals surface area contributed by atoms with E-state index in [2.05, 4.69) is 6.58 Å². The smallest absolute Gasteiger partial charge is 0.171 e. The number of carbonyl (C=O) groups is 2. The minimum atomic E-state index is -0.510. The molecule has 1 atom stereocenters. The molecule has 0 amide bonds. The number of rotatable bonds is 4. The van der Waals surface area contributed by atoms with E-state index in [1.165, 1.54) is 20.3 Å². The van der Waals surface area contributed by atoms with Crippen molar-refractivity contribution >= 4 is 11.6 Å². The highest BCUT2D eigenvalue weighted by atomic mass is 16.5. The summed E-state index contributed by atoms with van der Waals surface area (Å²) in [5.74, 6) is 0.354. The molecule has 4 nitrogen and oxygen atoms in total. The van der Waals surface area contributed by atoms with E-state index < -0.39 is 5.92 Å². The van der Waals surface area contributed by atoms with Gasteiger partial charge in [0.2, 0.25) is 0 Å². The van der Waals surface area contributed by atoms with E-state index in [-0.39, 0.29) is 18.0 Å². The van der Waals surface area contributed by atoms with Crippen LogP contribution >= 0.6 is 0 Å². The van der Waals surface area contributed by atoms with Gasteiger partial charge in [0.05, 0.1) is 20.1 Å². The lowest BCUT2D eigenvalue weighted by Gasteiger charge is -2.19. The molecule has 1 aromatic carbocycles. The molecule has 0 saturated heterocycles. The SMILES string of the molecule is C=C1C=CC(=O)C[C@@H]1C(=O)c1cc(OC)cc(OC)c1. The summed E-state index contributed by atoms with van der Waals surface area (Å²) in [4.78, 5) is 24.0. The van der Waals surface area contributed by atoms with E-state index in [1.807, 2.05) is 0 Å². The van der Waals surface area contributed by atoms with Crippen LogP contribution in [-0.4, -0.2) is 25.8 Å². The first-order valence-corrected chi connectivity index (χ1v) is 6.22. The highest BCUT2D eigenvalue weighted by Crippen LogP contribution is 2.29. The van der Waals surface area contributed by atoms with Gasteiger partial charge in [0.15, 0.2) is 11.6 Å². The van der Waals surface area contributed by atoms with Crippen LogP contribution in [0.2, 0.25) is 0 Å². The minimum absolute atomic E-state index is 0.0642. The Kier molecular flexibility index (Phi) is 4.03. The molecule has 0 unspecified atom stereocenters. The zero-order valence-electron chi connectivity index (χ0n) is 11.5. The lowest BCUT2D eigenvalue weighted by molar-refractivity contribution is -0.115. The molecule has 1 aromatic rings. The number of ketones is 2. The summed E-state index contributed by atoms with van der Waals surface area (Å²) >= 11 is 0. The quantitative estimate of drug-likeness (QED) is 0.790. The van der Waals surface area contributed by atoms with Crippen molar-refractivity contribution in [1.82, 2.24) is 0 Å². The van der Waals surface area contributed by atoms with Crippen molar-refractivity contribution in [3.8, 4) is 11.5 Å². The van der Waals surface area contributed by atoms with Crippen molar-refractivity contribution in [2.45, 2.75) is 6.42 Å². The maximum Gasteiger partial charge on any atom is 0.171 e. The largest absolute Gasteiger partial charge is 0.497 e. The van der Waals surface area contributed by atoms with Crippen molar-refractivity contribution in [2.24, 2.45) is 5.92 Å². The molecule has 1 aliphatic carbocycles. The van der Waals surface area contributed by atoms with Gasteiger partial charge >= 0.3 is 0 Å². The fraction of sp³-hybridized carbons (Fsp3) is 0.250. The molecule has 0 bridgehead atoms. The number of methoxy groups -OCH3 is 2. The molecule has 0 heterocycles. The van der Waals surface area contributed by atoms with E-state index in [4.69, 9.17) is 9.47 Å². The highest BCUT2D eigenvalue weighted by Gasteiger charge is 2.27. The van der Waals surface area contributed by atoms with Crippen molar-refractivity contribution < 1.29 is 19.1 Å². The van der Waals surface area contributed by atoms with Gasteiger partial charge in [0.1, 0.15) is 11.5 Å². The molecule has 0 N–H and O–H groups in total. The molecule has 104 valence electrons. The van der Waals surface area contributed by atoms with Crippen LogP contribution in [0.4, 0.5) is 0 Å². The third-order valence-corrected chi connectivity index (χ3v) is 3.29. The van der Waals surface area contributed by atoms with E-state index in [1.54, 1.807) is 24.3 Å². The monoisotopic (exact) mass is 272 g/mol. The lowest BCUT2D eigenvalue weighted by Crippen LogP contribution is -2.22. The Morgan fingerprint density at radius 3 is 2.30 bits per heavy atom. The molecule has 0 spiro atoms. The number of allylic oxidation sites excluding steroid dienone is 3. The van der Waals surface area contributed by atoms with Crippen molar-refractivity contribution in [3.05, 3.63) is 48.1 Å². The second-order valence-electron chi connectivity index (χ2n) is 4.60. The Labute approximate surface area is 117 Å². The predicted molar refractivity (Wildman–Crippen MR) is 75.3 cm³/mol. The standard InChI is InChI=1S/C16H16O4/c1-10-4-5-12(17)8-15(10)16(18)11-6-13(19-2)9-14(7-11)20-3/h4-7,9,15H,1,8H2,2-3H3/t15-/m0/s1. The van der Waals surface area contributed by atoms with Gasteiger partial charge in [-0.3, -0.25) is 9.59 Å². The molecule has 2 rings (SSSR count). The van der Waals surface area contributed by atoms with Gasteiger partial charge in [-0.2, -0.15) is 0 Å². The predicted octanol–water partition coefficient (Wildman–Crippen LogP) is 2.59. The normalized spacial score (nSPS) is 18.0. The van der Waals surface area contributed by atoms with Crippen LogP contribution < -0.4 is 9.47 Å². The fourth-order valence-corrected chi connectivity index (χ4v) is 2.13.